The number of thioether (sulfide) groups is 1. The lowest BCUT2D eigenvalue weighted by Crippen LogP contribution is -2.19. The number of aryl methyl sites for hydroxylation is 3. The Bertz CT molecular complexity index is 463. The lowest BCUT2D eigenvalue weighted by Gasteiger charge is -2.26. The van der Waals surface area contributed by atoms with Gasteiger partial charge in [-0.1, -0.05) is 31.5 Å². The van der Waals surface area contributed by atoms with Crippen LogP contribution in [-0.2, 0) is 12.8 Å². The van der Waals surface area contributed by atoms with Gasteiger partial charge in [-0.2, -0.15) is 0 Å². The van der Waals surface area contributed by atoms with E-state index in [2.05, 4.69) is 51.7 Å². The highest BCUT2D eigenvalue weighted by Gasteiger charge is 2.22. The number of benzene rings is 1. The Morgan fingerprint density at radius 3 is 2.00 bits per heavy atom. The summed E-state index contributed by atoms with van der Waals surface area (Å²) in [5, 5.41) is 0. The van der Waals surface area contributed by atoms with Gasteiger partial charge >= 0.3 is 0 Å². The minimum atomic E-state index is 1.07. The van der Waals surface area contributed by atoms with Gasteiger partial charge in [-0.3, -0.25) is 0 Å². The molecule has 0 spiro atoms. The Kier molecular flexibility index (Phi) is 4.06. The first-order valence-electron chi connectivity index (χ1n) is 6.78. The molecule has 2 heteroatoms. The van der Waals surface area contributed by atoms with Crippen LogP contribution in [0.4, 0.5) is 5.69 Å². The standard InChI is InChI=1S/C16H23NS/c1-6-14-8-11(3)9-15(7-2)16(14)17-10-18-13(5)12(17)4/h8-9H,6-7,10H2,1-5H3. The van der Waals surface area contributed by atoms with E-state index in [1.807, 2.05) is 11.8 Å². The highest BCUT2D eigenvalue weighted by atomic mass is 32.2. The molecule has 0 saturated carbocycles. The topological polar surface area (TPSA) is 3.24 Å². The number of allylic oxidation sites excluding steroid dienone is 2. The molecule has 0 unspecified atom stereocenters. The van der Waals surface area contributed by atoms with Crippen LogP contribution in [0.15, 0.2) is 22.7 Å². The van der Waals surface area contributed by atoms with E-state index in [-0.39, 0.29) is 0 Å². The van der Waals surface area contributed by atoms with Crippen molar-refractivity contribution in [2.75, 3.05) is 10.8 Å². The van der Waals surface area contributed by atoms with Crippen LogP contribution >= 0.6 is 11.8 Å². The fourth-order valence-corrected chi connectivity index (χ4v) is 3.57. The summed E-state index contributed by atoms with van der Waals surface area (Å²) in [6, 6.07) is 4.69. The second-order valence-electron chi connectivity index (χ2n) is 4.98. The molecule has 0 bridgehead atoms. The van der Waals surface area contributed by atoms with Crippen molar-refractivity contribution in [1.29, 1.82) is 0 Å². The Hall–Kier alpha value is -0.890. The number of anilines is 1. The summed E-state index contributed by atoms with van der Waals surface area (Å²) in [4.78, 5) is 3.96. The van der Waals surface area contributed by atoms with Crippen molar-refractivity contribution in [1.82, 2.24) is 0 Å². The smallest absolute Gasteiger partial charge is 0.0729 e. The molecule has 0 saturated heterocycles. The van der Waals surface area contributed by atoms with Gasteiger partial charge in [-0.05, 0) is 44.7 Å². The van der Waals surface area contributed by atoms with Crippen LogP contribution in [0.5, 0.6) is 0 Å². The van der Waals surface area contributed by atoms with Gasteiger partial charge in [-0.25, -0.2) is 0 Å². The van der Waals surface area contributed by atoms with Gasteiger partial charge in [0.05, 0.1) is 5.88 Å². The molecule has 18 heavy (non-hydrogen) atoms. The lowest BCUT2D eigenvalue weighted by molar-refractivity contribution is 0.991. The fraction of sp³-hybridized carbons (Fsp3) is 0.500. The molecule has 0 fully saturated rings. The van der Waals surface area contributed by atoms with E-state index < -0.39 is 0 Å². The summed E-state index contributed by atoms with van der Waals surface area (Å²) in [5.74, 6) is 1.07. The quantitative estimate of drug-likeness (QED) is 0.762. The predicted octanol–water partition coefficient (Wildman–Crippen LogP) is 4.88. The van der Waals surface area contributed by atoms with Crippen LogP contribution in [0.1, 0.15) is 44.4 Å². The largest absolute Gasteiger partial charge is 0.334 e. The number of hydrogen-bond donors (Lipinski definition) is 0. The molecule has 1 nitrogen and oxygen atoms in total. The molecule has 0 aliphatic carbocycles. The second-order valence-corrected chi connectivity index (χ2v) is 6.14. The summed E-state index contributed by atoms with van der Waals surface area (Å²) in [6.45, 7) is 11.2. The summed E-state index contributed by atoms with van der Waals surface area (Å²) in [6.07, 6.45) is 2.22. The number of rotatable bonds is 3. The average Bonchev–Trinajstić information content (AvgIpc) is 2.69. The van der Waals surface area contributed by atoms with Crippen LogP contribution < -0.4 is 4.90 Å². The van der Waals surface area contributed by atoms with Crippen molar-refractivity contribution in [3.05, 3.63) is 39.4 Å². The minimum Gasteiger partial charge on any atom is -0.334 e. The van der Waals surface area contributed by atoms with Crippen molar-refractivity contribution in [3.63, 3.8) is 0 Å². The van der Waals surface area contributed by atoms with Crippen molar-refractivity contribution in [2.45, 2.75) is 47.5 Å². The van der Waals surface area contributed by atoms with E-state index in [4.69, 9.17) is 0 Å². The molecule has 2 rings (SSSR count). The molecule has 1 aliphatic rings. The van der Waals surface area contributed by atoms with Crippen molar-refractivity contribution >= 4 is 17.4 Å². The van der Waals surface area contributed by atoms with E-state index in [0.717, 1.165) is 18.7 Å². The monoisotopic (exact) mass is 261 g/mol. The van der Waals surface area contributed by atoms with E-state index >= 15 is 0 Å². The molecule has 98 valence electrons. The third-order valence-corrected chi connectivity index (χ3v) is 4.88. The highest BCUT2D eigenvalue weighted by Crippen LogP contribution is 2.39. The molecule has 1 aliphatic heterocycles. The summed E-state index contributed by atoms with van der Waals surface area (Å²) < 4.78 is 0. The van der Waals surface area contributed by atoms with Gasteiger partial charge in [0.2, 0.25) is 0 Å². The van der Waals surface area contributed by atoms with Crippen LogP contribution in [0.2, 0.25) is 0 Å². The van der Waals surface area contributed by atoms with Crippen molar-refractivity contribution in [2.24, 2.45) is 0 Å². The molecular weight excluding hydrogens is 238 g/mol. The lowest BCUT2D eigenvalue weighted by atomic mass is 9.98. The third kappa shape index (κ3) is 2.31. The van der Waals surface area contributed by atoms with Gasteiger partial charge in [-0.15, -0.1) is 11.8 Å². The Morgan fingerprint density at radius 2 is 1.61 bits per heavy atom. The molecule has 0 radical (unpaired) electrons. The van der Waals surface area contributed by atoms with Crippen LogP contribution in [-0.4, -0.2) is 5.88 Å². The summed E-state index contributed by atoms with van der Waals surface area (Å²) in [7, 11) is 0. The summed E-state index contributed by atoms with van der Waals surface area (Å²) >= 11 is 1.96. The SMILES string of the molecule is CCc1cc(C)cc(CC)c1N1CSC(C)=C1C. The first-order chi connectivity index (χ1) is 8.58. The zero-order valence-electron chi connectivity index (χ0n) is 12.1. The maximum atomic E-state index is 2.50. The van der Waals surface area contributed by atoms with Gasteiger partial charge < -0.3 is 4.90 Å². The van der Waals surface area contributed by atoms with Crippen LogP contribution in [0.25, 0.3) is 0 Å². The van der Waals surface area contributed by atoms with Gasteiger partial charge in [0.15, 0.2) is 0 Å². The predicted molar refractivity (Wildman–Crippen MR) is 83.2 cm³/mol. The molecule has 1 aromatic rings. The molecule has 0 N–H and O–H groups in total. The first-order valence-corrected chi connectivity index (χ1v) is 7.77. The number of nitrogens with zero attached hydrogens (tertiary/aromatic N) is 1. The Labute approximate surface area is 115 Å². The third-order valence-electron chi connectivity index (χ3n) is 3.77. The minimum absolute atomic E-state index is 1.07. The zero-order valence-corrected chi connectivity index (χ0v) is 12.9. The summed E-state index contributed by atoms with van der Waals surface area (Å²) in [5.41, 5.74) is 7.25. The zero-order chi connectivity index (χ0) is 13.3. The van der Waals surface area contributed by atoms with E-state index in [9.17, 15) is 0 Å². The first kappa shape index (κ1) is 13.5. The van der Waals surface area contributed by atoms with E-state index in [1.165, 1.54) is 33.0 Å². The average molecular weight is 261 g/mol. The number of hydrogen-bond acceptors (Lipinski definition) is 2. The molecule has 0 atom stereocenters. The van der Waals surface area contributed by atoms with E-state index in [1.54, 1.807) is 0 Å². The maximum absolute atomic E-state index is 2.50. The van der Waals surface area contributed by atoms with Crippen LogP contribution in [0.3, 0.4) is 0 Å². The maximum Gasteiger partial charge on any atom is 0.0729 e. The van der Waals surface area contributed by atoms with Crippen molar-refractivity contribution < 1.29 is 0 Å². The highest BCUT2D eigenvalue weighted by molar-refractivity contribution is 8.03. The van der Waals surface area contributed by atoms with Crippen LogP contribution in [0, 0.1) is 6.92 Å². The molecule has 1 aromatic carbocycles. The normalized spacial score (nSPS) is 15.7. The molecular formula is C16H23NS. The molecule has 0 amide bonds. The van der Waals surface area contributed by atoms with E-state index in [0.29, 0.717) is 0 Å². The molecule has 1 heterocycles. The van der Waals surface area contributed by atoms with Gasteiger partial charge in [0.25, 0.3) is 0 Å². The fourth-order valence-electron chi connectivity index (χ4n) is 2.60. The molecule has 0 aromatic heterocycles. The van der Waals surface area contributed by atoms with Crippen molar-refractivity contribution in [3.8, 4) is 0 Å². The Morgan fingerprint density at radius 1 is 1.06 bits per heavy atom. The Balaban J connectivity index is 2.56. The van der Waals surface area contributed by atoms with Gasteiger partial charge in [0.1, 0.15) is 0 Å². The van der Waals surface area contributed by atoms with Gasteiger partial charge in [0, 0.05) is 16.3 Å². The second kappa shape index (κ2) is 5.40.